The lowest BCUT2D eigenvalue weighted by atomic mass is 9.81. The third-order valence-corrected chi connectivity index (χ3v) is 5.06. The lowest BCUT2D eigenvalue weighted by Crippen LogP contribution is -2.25. The molecule has 1 aliphatic rings. The average molecular weight is 317 g/mol. The number of hydrogen-bond donors (Lipinski definition) is 0. The topological polar surface area (TPSA) is 39.2 Å². The minimum absolute atomic E-state index is 0.0722. The Balaban J connectivity index is 1.75. The molecule has 1 fully saturated rings. The van der Waals surface area contributed by atoms with Gasteiger partial charge in [0.2, 0.25) is 0 Å². The summed E-state index contributed by atoms with van der Waals surface area (Å²) in [5, 5.41) is 0. The van der Waals surface area contributed by atoms with Crippen LogP contribution in [0.3, 0.4) is 0 Å². The van der Waals surface area contributed by atoms with Gasteiger partial charge in [0.1, 0.15) is 5.75 Å². The van der Waals surface area contributed by atoms with Crippen molar-refractivity contribution < 1.29 is 9.53 Å². The Bertz CT molecular complexity index is 461. The summed E-state index contributed by atoms with van der Waals surface area (Å²) in [5.41, 5.74) is 1.09. The second kappa shape index (κ2) is 9.69. The first-order valence-electron chi connectivity index (χ1n) is 9.39. The molecule has 0 radical (unpaired) electrons. The maximum Gasteiger partial charge on any atom is 0.314 e. The van der Waals surface area contributed by atoms with E-state index in [0.717, 1.165) is 43.7 Å². The van der Waals surface area contributed by atoms with Crippen molar-refractivity contribution in [2.45, 2.75) is 78.1 Å². The number of rotatable bonds is 8. The van der Waals surface area contributed by atoms with Crippen LogP contribution in [-0.2, 0) is 11.2 Å². The highest BCUT2D eigenvalue weighted by molar-refractivity contribution is 5.75. The molecule has 0 atom stereocenters. The number of aromatic nitrogens is 1. The van der Waals surface area contributed by atoms with Gasteiger partial charge in [-0.05, 0) is 56.6 Å². The van der Waals surface area contributed by atoms with Crippen LogP contribution in [-0.4, -0.2) is 11.0 Å². The van der Waals surface area contributed by atoms with Gasteiger partial charge in [0.25, 0.3) is 0 Å². The van der Waals surface area contributed by atoms with Gasteiger partial charge in [0.05, 0.1) is 12.1 Å². The zero-order chi connectivity index (χ0) is 16.5. The molecule has 1 aromatic heterocycles. The second-order valence-corrected chi connectivity index (χ2v) is 6.84. The van der Waals surface area contributed by atoms with E-state index in [1.807, 2.05) is 12.1 Å². The minimum Gasteiger partial charge on any atom is -0.425 e. The van der Waals surface area contributed by atoms with E-state index in [0.29, 0.717) is 5.75 Å². The van der Waals surface area contributed by atoms with E-state index in [-0.39, 0.29) is 11.9 Å². The first kappa shape index (κ1) is 18.0. The van der Waals surface area contributed by atoms with Crippen LogP contribution in [0.5, 0.6) is 5.75 Å². The van der Waals surface area contributed by atoms with E-state index in [4.69, 9.17) is 4.74 Å². The van der Waals surface area contributed by atoms with Crippen LogP contribution >= 0.6 is 0 Å². The van der Waals surface area contributed by atoms with Crippen LogP contribution in [0.25, 0.3) is 0 Å². The van der Waals surface area contributed by atoms with Gasteiger partial charge in [0.15, 0.2) is 0 Å². The monoisotopic (exact) mass is 317 g/mol. The standard InChI is InChI=1S/C20H31NO2/c1-3-5-6-7-8-18-13-14-19(15-21-18)23-20(22)17-11-9-16(4-2)10-12-17/h13-17H,3-12H2,1-2H3. The zero-order valence-corrected chi connectivity index (χ0v) is 14.7. The number of ether oxygens (including phenoxy) is 1. The number of unbranched alkanes of at least 4 members (excludes halogenated alkanes) is 3. The number of aryl methyl sites for hydroxylation is 1. The van der Waals surface area contributed by atoms with Gasteiger partial charge < -0.3 is 4.74 Å². The van der Waals surface area contributed by atoms with Crippen LogP contribution in [0.4, 0.5) is 0 Å². The first-order chi connectivity index (χ1) is 11.2. The summed E-state index contributed by atoms with van der Waals surface area (Å²) in [4.78, 5) is 16.7. The van der Waals surface area contributed by atoms with Gasteiger partial charge >= 0.3 is 5.97 Å². The molecule has 0 aliphatic heterocycles. The Morgan fingerprint density at radius 3 is 2.52 bits per heavy atom. The summed E-state index contributed by atoms with van der Waals surface area (Å²) < 4.78 is 5.52. The van der Waals surface area contributed by atoms with E-state index in [9.17, 15) is 4.79 Å². The molecule has 0 unspecified atom stereocenters. The molecule has 1 saturated carbocycles. The van der Waals surface area contributed by atoms with Crippen LogP contribution in [0.15, 0.2) is 18.3 Å². The number of carbonyl (C=O) groups excluding carboxylic acids is 1. The normalized spacial score (nSPS) is 21.1. The van der Waals surface area contributed by atoms with Gasteiger partial charge in [-0.1, -0.05) is 39.5 Å². The molecule has 0 N–H and O–H groups in total. The van der Waals surface area contributed by atoms with Crippen LogP contribution < -0.4 is 4.74 Å². The molecular weight excluding hydrogens is 286 g/mol. The summed E-state index contributed by atoms with van der Waals surface area (Å²) in [6.45, 7) is 4.45. The molecule has 0 amide bonds. The lowest BCUT2D eigenvalue weighted by molar-refractivity contribution is -0.140. The van der Waals surface area contributed by atoms with Gasteiger partial charge in [-0.15, -0.1) is 0 Å². The summed E-state index contributed by atoms with van der Waals surface area (Å²) in [5.74, 6) is 1.39. The van der Waals surface area contributed by atoms with E-state index < -0.39 is 0 Å². The number of pyridine rings is 1. The fourth-order valence-electron chi connectivity index (χ4n) is 3.36. The predicted octanol–water partition coefficient (Wildman–Crippen LogP) is 5.33. The molecule has 0 bridgehead atoms. The highest BCUT2D eigenvalue weighted by Crippen LogP contribution is 2.31. The number of hydrogen-bond acceptors (Lipinski definition) is 3. The van der Waals surface area contributed by atoms with Crippen molar-refractivity contribution in [2.75, 3.05) is 0 Å². The molecule has 1 aliphatic carbocycles. The third-order valence-electron chi connectivity index (χ3n) is 5.06. The van der Waals surface area contributed by atoms with Crippen molar-refractivity contribution in [3.8, 4) is 5.75 Å². The highest BCUT2D eigenvalue weighted by atomic mass is 16.5. The smallest absolute Gasteiger partial charge is 0.314 e. The molecule has 0 aromatic carbocycles. The predicted molar refractivity (Wildman–Crippen MR) is 93.5 cm³/mol. The quantitative estimate of drug-likeness (QED) is 0.481. The number of nitrogens with zero attached hydrogens (tertiary/aromatic N) is 1. The Kier molecular flexibility index (Phi) is 7.57. The van der Waals surface area contributed by atoms with Gasteiger partial charge in [-0.25, -0.2) is 0 Å². The van der Waals surface area contributed by atoms with Crippen molar-refractivity contribution >= 4 is 5.97 Å². The third kappa shape index (κ3) is 5.96. The molecule has 128 valence electrons. The van der Waals surface area contributed by atoms with E-state index in [1.165, 1.54) is 32.1 Å². The van der Waals surface area contributed by atoms with E-state index in [2.05, 4.69) is 18.8 Å². The molecule has 2 rings (SSSR count). The van der Waals surface area contributed by atoms with Gasteiger partial charge in [-0.2, -0.15) is 0 Å². The maximum atomic E-state index is 12.2. The summed E-state index contributed by atoms with van der Waals surface area (Å²) in [6, 6.07) is 3.88. The molecule has 1 aromatic rings. The highest BCUT2D eigenvalue weighted by Gasteiger charge is 2.26. The molecule has 23 heavy (non-hydrogen) atoms. The summed E-state index contributed by atoms with van der Waals surface area (Å²) in [7, 11) is 0. The Labute approximate surface area is 140 Å². The van der Waals surface area contributed by atoms with Gasteiger partial charge in [0, 0.05) is 5.69 Å². The lowest BCUT2D eigenvalue weighted by Gasteiger charge is -2.26. The van der Waals surface area contributed by atoms with E-state index in [1.54, 1.807) is 6.20 Å². The van der Waals surface area contributed by atoms with Crippen LogP contribution in [0, 0.1) is 11.8 Å². The van der Waals surface area contributed by atoms with Crippen LogP contribution in [0.1, 0.15) is 77.3 Å². The molecule has 3 nitrogen and oxygen atoms in total. The van der Waals surface area contributed by atoms with Crippen molar-refractivity contribution in [3.05, 3.63) is 24.0 Å². The zero-order valence-electron chi connectivity index (χ0n) is 14.7. The van der Waals surface area contributed by atoms with Crippen molar-refractivity contribution in [2.24, 2.45) is 11.8 Å². The summed E-state index contributed by atoms with van der Waals surface area (Å²) >= 11 is 0. The van der Waals surface area contributed by atoms with Crippen LogP contribution in [0.2, 0.25) is 0 Å². The average Bonchev–Trinajstić information content (AvgIpc) is 2.60. The Hall–Kier alpha value is -1.38. The second-order valence-electron chi connectivity index (χ2n) is 6.84. The fourth-order valence-corrected chi connectivity index (χ4v) is 3.36. The minimum atomic E-state index is -0.0722. The fraction of sp³-hybridized carbons (Fsp3) is 0.700. The molecule has 3 heteroatoms. The molecular formula is C20H31NO2. The molecule has 0 spiro atoms. The van der Waals surface area contributed by atoms with Gasteiger partial charge in [-0.3, -0.25) is 9.78 Å². The first-order valence-corrected chi connectivity index (χ1v) is 9.39. The van der Waals surface area contributed by atoms with E-state index >= 15 is 0 Å². The number of esters is 1. The van der Waals surface area contributed by atoms with Crippen molar-refractivity contribution in [3.63, 3.8) is 0 Å². The number of carbonyl (C=O) groups is 1. The Morgan fingerprint density at radius 2 is 1.91 bits per heavy atom. The van der Waals surface area contributed by atoms with Crippen molar-refractivity contribution in [1.29, 1.82) is 0 Å². The van der Waals surface area contributed by atoms with Crippen molar-refractivity contribution in [1.82, 2.24) is 4.98 Å². The molecule has 0 saturated heterocycles. The Morgan fingerprint density at radius 1 is 1.13 bits per heavy atom. The molecule has 1 heterocycles. The largest absolute Gasteiger partial charge is 0.425 e. The summed E-state index contributed by atoms with van der Waals surface area (Å²) in [6.07, 6.45) is 13.2. The SMILES string of the molecule is CCCCCCc1ccc(OC(=O)C2CCC(CC)CC2)cn1. The maximum absolute atomic E-state index is 12.2.